The number of phenolic OH excluding ortho intramolecular Hbond substituents is 1. The summed E-state index contributed by atoms with van der Waals surface area (Å²) in [7, 11) is 0. The lowest BCUT2D eigenvalue weighted by Gasteiger charge is -2.31. The zero-order valence-corrected chi connectivity index (χ0v) is 20.6. The average Bonchev–Trinajstić information content (AvgIpc) is 3.35. The molecular weight excluding hydrogens is 430 g/mol. The van der Waals surface area contributed by atoms with Crippen LogP contribution in [0.1, 0.15) is 63.7 Å². The molecule has 2 aliphatic rings. The standard InChI is InChI=1S/C27H37N3O4/c1-5-14-30-26(18-11-12-21(22(16-18)33-6-2)34-15-13-17(3)4)23-24(28-29-25(23)27(30)32)19-9-7-8-10-20(19)31/h7-12,16-17,23-26,28-29,31H,5-6,13-15H2,1-4H3. The molecule has 2 heterocycles. The highest BCUT2D eigenvalue weighted by atomic mass is 16.5. The number of hydrazine groups is 1. The van der Waals surface area contributed by atoms with Crippen molar-refractivity contribution in [2.75, 3.05) is 19.8 Å². The van der Waals surface area contributed by atoms with Crippen molar-refractivity contribution in [2.45, 2.75) is 58.7 Å². The number of carbonyl (C=O) groups excluding carboxylic acids is 1. The number of phenols is 1. The molecule has 34 heavy (non-hydrogen) atoms. The first-order valence-corrected chi connectivity index (χ1v) is 12.4. The Morgan fingerprint density at radius 2 is 1.79 bits per heavy atom. The molecule has 0 saturated carbocycles. The van der Waals surface area contributed by atoms with Crippen molar-refractivity contribution >= 4 is 5.91 Å². The fourth-order valence-corrected chi connectivity index (χ4v) is 5.11. The molecular formula is C27H37N3O4. The normalized spacial score (nSPS) is 24.0. The molecule has 2 saturated heterocycles. The molecule has 7 heteroatoms. The van der Waals surface area contributed by atoms with Gasteiger partial charge in [-0.3, -0.25) is 4.79 Å². The van der Waals surface area contributed by atoms with Crippen LogP contribution in [-0.2, 0) is 4.79 Å². The van der Waals surface area contributed by atoms with Crippen LogP contribution in [-0.4, -0.2) is 41.7 Å². The van der Waals surface area contributed by atoms with Gasteiger partial charge in [-0.05, 0) is 49.4 Å². The lowest BCUT2D eigenvalue weighted by atomic mass is 9.83. The highest BCUT2D eigenvalue weighted by Crippen LogP contribution is 2.49. The van der Waals surface area contributed by atoms with Crippen molar-refractivity contribution in [2.24, 2.45) is 11.8 Å². The van der Waals surface area contributed by atoms with E-state index in [1.165, 1.54) is 0 Å². The summed E-state index contributed by atoms with van der Waals surface area (Å²) in [5.41, 5.74) is 8.30. The molecule has 184 valence electrons. The molecule has 4 rings (SSSR count). The molecule has 7 nitrogen and oxygen atoms in total. The summed E-state index contributed by atoms with van der Waals surface area (Å²) in [6.07, 6.45) is 1.84. The highest BCUT2D eigenvalue weighted by Gasteiger charge is 2.55. The molecule has 0 radical (unpaired) electrons. The second kappa shape index (κ2) is 10.7. The van der Waals surface area contributed by atoms with Crippen molar-refractivity contribution in [1.82, 2.24) is 15.8 Å². The van der Waals surface area contributed by atoms with Gasteiger partial charge in [-0.15, -0.1) is 0 Å². The third kappa shape index (κ3) is 4.72. The smallest absolute Gasteiger partial charge is 0.242 e. The van der Waals surface area contributed by atoms with E-state index >= 15 is 0 Å². The molecule has 1 amide bonds. The molecule has 0 aliphatic carbocycles. The number of hydrogen-bond donors (Lipinski definition) is 3. The molecule has 2 aliphatic heterocycles. The van der Waals surface area contributed by atoms with Gasteiger partial charge in [-0.25, -0.2) is 10.9 Å². The van der Waals surface area contributed by atoms with Crippen LogP contribution in [0.3, 0.4) is 0 Å². The van der Waals surface area contributed by atoms with Crippen LogP contribution in [0.2, 0.25) is 0 Å². The minimum atomic E-state index is -0.362. The van der Waals surface area contributed by atoms with Gasteiger partial charge < -0.3 is 19.5 Å². The number of para-hydroxylation sites is 1. The highest BCUT2D eigenvalue weighted by molar-refractivity contribution is 5.86. The topological polar surface area (TPSA) is 83.1 Å². The average molecular weight is 468 g/mol. The predicted molar refractivity (Wildman–Crippen MR) is 132 cm³/mol. The number of nitrogens with one attached hydrogen (secondary N) is 2. The maximum absolute atomic E-state index is 13.4. The number of fused-ring (bicyclic) bond motifs is 1. The van der Waals surface area contributed by atoms with Crippen molar-refractivity contribution < 1.29 is 19.4 Å². The number of hydrogen-bond acceptors (Lipinski definition) is 6. The Labute approximate surface area is 202 Å². The zero-order chi connectivity index (χ0) is 24.2. The van der Waals surface area contributed by atoms with E-state index in [2.05, 4.69) is 37.7 Å². The first kappa shape index (κ1) is 24.4. The molecule has 2 aromatic rings. The van der Waals surface area contributed by atoms with Crippen LogP contribution >= 0.6 is 0 Å². The number of nitrogens with zero attached hydrogens (tertiary/aromatic N) is 1. The zero-order valence-electron chi connectivity index (χ0n) is 20.6. The number of ether oxygens (including phenoxy) is 2. The van der Waals surface area contributed by atoms with Gasteiger partial charge >= 0.3 is 0 Å². The number of benzene rings is 2. The fraction of sp³-hybridized carbons (Fsp3) is 0.519. The Hall–Kier alpha value is -2.77. The third-order valence-corrected chi connectivity index (χ3v) is 6.71. The van der Waals surface area contributed by atoms with E-state index in [0.29, 0.717) is 31.4 Å². The van der Waals surface area contributed by atoms with Gasteiger partial charge in [0.25, 0.3) is 0 Å². The molecule has 4 atom stereocenters. The predicted octanol–water partition coefficient (Wildman–Crippen LogP) is 4.34. The lowest BCUT2D eigenvalue weighted by molar-refractivity contribution is -0.130. The molecule has 0 spiro atoms. The molecule has 0 aromatic heterocycles. The van der Waals surface area contributed by atoms with Crippen LogP contribution in [0.5, 0.6) is 17.2 Å². The minimum Gasteiger partial charge on any atom is -0.508 e. The SMILES string of the molecule is CCCN1C(=O)C2NNC(c3ccccc3O)C2C1c1ccc(OCCC(C)C)c(OCC)c1. The van der Waals surface area contributed by atoms with E-state index in [4.69, 9.17) is 9.47 Å². The number of rotatable bonds is 10. The van der Waals surface area contributed by atoms with E-state index in [9.17, 15) is 9.90 Å². The van der Waals surface area contributed by atoms with E-state index < -0.39 is 0 Å². The van der Waals surface area contributed by atoms with E-state index in [1.807, 2.05) is 42.2 Å². The molecule has 0 bridgehead atoms. The van der Waals surface area contributed by atoms with E-state index in [0.717, 1.165) is 29.7 Å². The van der Waals surface area contributed by atoms with Gasteiger partial charge in [0, 0.05) is 18.0 Å². The van der Waals surface area contributed by atoms with Gasteiger partial charge in [0.2, 0.25) is 5.91 Å². The van der Waals surface area contributed by atoms with Crippen LogP contribution in [0.15, 0.2) is 42.5 Å². The summed E-state index contributed by atoms with van der Waals surface area (Å²) in [5, 5.41) is 10.6. The maximum Gasteiger partial charge on any atom is 0.242 e. The van der Waals surface area contributed by atoms with Crippen molar-refractivity contribution in [1.29, 1.82) is 0 Å². The quantitative estimate of drug-likeness (QED) is 0.482. The van der Waals surface area contributed by atoms with Crippen molar-refractivity contribution in [3.05, 3.63) is 53.6 Å². The van der Waals surface area contributed by atoms with Gasteiger partial charge in [-0.2, -0.15) is 0 Å². The Kier molecular flexibility index (Phi) is 7.63. The van der Waals surface area contributed by atoms with Crippen LogP contribution < -0.4 is 20.3 Å². The first-order valence-electron chi connectivity index (χ1n) is 12.4. The lowest BCUT2D eigenvalue weighted by Crippen LogP contribution is -2.41. The van der Waals surface area contributed by atoms with Gasteiger partial charge in [0.1, 0.15) is 11.8 Å². The second-order valence-corrected chi connectivity index (χ2v) is 9.53. The van der Waals surface area contributed by atoms with E-state index in [1.54, 1.807) is 6.07 Å². The van der Waals surface area contributed by atoms with Gasteiger partial charge in [-0.1, -0.05) is 45.0 Å². The summed E-state index contributed by atoms with van der Waals surface area (Å²) >= 11 is 0. The summed E-state index contributed by atoms with van der Waals surface area (Å²) in [5.74, 6) is 2.22. The summed E-state index contributed by atoms with van der Waals surface area (Å²) < 4.78 is 12.0. The molecule has 2 aromatic carbocycles. The number of amides is 1. The molecule has 2 fully saturated rings. The van der Waals surface area contributed by atoms with Crippen molar-refractivity contribution in [3.63, 3.8) is 0 Å². The largest absolute Gasteiger partial charge is 0.508 e. The summed E-state index contributed by atoms with van der Waals surface area (Å²) in [6, 6.07) is 12.6. The van der Waals surface area contributed by atoms with Crippen molar-refractivity contribution in [3.8, 4) is 17.2 Å². The monoisotopic (exact) mass is 467 g/mol. The Morgan fingerprint density at radius 3 is 2.50 bits per heavy atom. The maximum atomic E-state index is 13.4. The number of carbonyl (C=O) groups is 1. The number of aromatic hydroxyl groups is 1. The fourth-order valence-electron chi connectivity index (χ4n) is 5.11. The molecule has 3 N–H and O–H groups in total. The molecule has 4 unspecified atom stereocenters. The van der Waals surface area contributed by atoms with Crippen LogP contribution in [0.25, 0.3) is 0 Å². The summed E-state index contributed by atoms with van der Waals surface area (Å²) in [4.78, 5) is 15.4. The Balaban J connectivity index is 1.71. The third-order valence-electron chi connectivity index (χ3n) is 6.71. The first-order chi connectivity index (χ1) is 16.5. The number of likely N-dealkylation sites (tertiary alicyclic amines) is 1. The van der Waals surface area contributed by atoms with Gasteiger partial charge in [0.15, 0.2) is 11.5 Å². The van der Waals surface area contributed by atoms with Gasteiger partial charge in [0.05, 0.1) is 25.3 Å². The Bertz CT molecular complexity index is 996. The van der Waals surface area contributed by atoms with Crippen LogP contribution in [0, 0.1) is 11.8 Å². The second-order valence-electron chi connectivity index (χ2n) is 9.53. The minimum absolute atomic E-state index is 0.0810. The Morgan fingerprint density at radius 1 is 1.03 bits per heavy atom. The van der Waals surface area contributed by atoms with Crippen LogP contribution in [0.4, 0.5) is 0 Å². The van der Waals surface area contributed by atoms with E-state index in [-0.39, 0.29) is 35.7 Å². The summed E-state index contributed by atoms with van der Waals surface area (Å²) in [6.45, 7) is 10.2.